The summed E-state index contributed by atoms with van der Waals surface area (Å²) in [5.74, 6) is -2.12. The fourth-order valence-electron chi connectivity index (χ4n) is 3.32. The van der Waals surface area contributed by atoms with Gasteiger partial charge in [0.15, 0.2) is 11.3 Å². The molecule has 2 aromatic carbocycles. The van der Waals surface area contributed by atoms with Crippen LogP contribution in [0.5, 0.6) is 0 Å². The summed E-state index contributed by atoms with van der Waals surface area (Å²) in [4.78, 5) is 24.6. The predicted molar refractivity (Wildman–Crippen MR) is 128 cm³/mol. The summed E-state index contributed by atoms with van der Waals surface area (Å²) >= 11 is 0. The first-order valence-electron chi connectivity index (χ1n) is 10.5. The van der Waals surface area contributed by atoms with Crippen molar-refractivity contribution in [3.05, 3.63) is 65.4 Å². The van der Waals surface area contributed by atoms with Crippen LogP contribution in [0.2, 0.25) is 0 Å². The molecular formula is C23H26N4O6S. The highest BCUT2D eigenvalue weighted by molar-refractivity contribution is 7.89. The minimum Gasteiger partial charge on any atom is -0.480 e. The first-order valence-corrected chi connectivity index (χ1v) is 12.2. The van der Waals surface area contributed by atoms with Gasteiger partial charge in [-0.05, 0) is 55.3 Å². The molecule has 0 spiro atoms. The van der Waals surface area contributed by atoms with Crippen molar-refractivity contribution in [1.29, 1.82) is 5.41 Å². The van der Waals surface area contributed by atoms with Crippen molar-refractivity contribution < 1.29 is 27.5 Å². The molecule has 0 radical (unpaired) electrons. The number of carbonyl (C=O) groups excluding carboxylic acids is 1. The molecule has 0 saturated heterocycles. The number of amidine groups is 1. The van der Waals surface area contributed by atoms with E-state index in [4.69, 9.17) is 15.6 Å². The number of furan rings is 1. The zero-order valence-electron chi connectivity index (χ0n) is 18.7. The first-order chi connectivity index (χ1) is 15.9. The van der Waals surface area contributed by atoms with Gasteiger partial charge >= 0.3 is 5.97 Å². The molecule has 0 saturated carbocycles. The van der Waals surface area contributed by atoms with Gasteiger partial charge in [0.2, 0.25) is 10.0 Å². The molecule has 3 rings (SSSR count). The number of hydrogen-bond acceptors (Lipinski definition) is 6. The van der Waals surface area contributed by atoms with E-state index >= 15 is 0 Å². The van der Waals surface area contributed by atoms with E-state index in [9.17, 15) is 23.1 Å². The number of carboxylic acids is 1. The molecular weight excluding hydrogens is 460 g/mol. The van der Waals surface area contributed by atoms with Crippen LogP contribution in [0.15, 0.2) is 52.9 Å². The summed E-state index contributed by atoms with van der Waals surface area (Å²) in [5, 5.41) is 20.5. The molecule has 0 aliphatic rings. The van der Waals surface area contributed by atoms with Crippen molar-refractivity contribution in [2.24, 2.45) is 5.73 Å². The highest BCUT2D eigenvalue weighted by Crippen LogP contribution is 2.26. The molecule has 1 unspecified atom stereocenters. The molecule has 1 amide bonds. The number of anilines is 1. The normalized spacial score (nSPS) is 13.4. The highest BCUT2D eigenvalue weighted by atomic mass is 32.2. The lowest BCUT2D eigenvalue weighted by atomic mass is 9.93. The largest absolute Gasteiger partial charge is 0.480 e. The number of unbranched alkanes of at least 4 members (excludes halogenated alkanes) is 1. The van der Waals surface area contributed by atoms with Crippen LogP contribution in [0.25, 0.3) is 11.0 Å². The second-order valence-electron chi connectivity index (χ2n) is 8.01. The second kappa shape index (κ2) is 9.65. The number of nitrogen functional groups attached to an aromatic ring is 1. The van der Waals surface area contributed by atoms with Crippen molar-refractivity contribution >= 4 is 44.4 Å². The lowest BCUT2D eigenvalue weighted by molar-refractivity contribution is -0.143. The molecule has 0 fully saturated rings. The number of carbonyl (C=O) groups is 2. The smallest absolute Gasteiger partial charge is 0.329 e. The van der Waals surface area contributed by atoms with Gasteiger partial charge in [0.05, 0.1) is 5.75 Å². The zero-order valence-corrected chi connectivity index (χ0v) is 19.5. The lowest BCUT2D eigenvalue weighted by Gasteiger charge is -2.26. The Morgan fingerprint density at radius 1 is 1.15 bits per heavy atom. The summed E-state index contributed by atoms with van der Waals surface area (Å²) in [5.41, 5.74) is 5.14. The van der Waals surface area contributed by atoms with E-state index in [0.717, 1.165) is 0 Å². The van der Waals surface area contributed by atoms with Crippen LogP contribution in [0.4, 0.5) is 5.69 Å². The van der Waals surface area contributed by atoms with Gasteiger partial charge in [-0.1, -0.05) is 25.5 Å². The Bertz CT molecular complexity index is 1350. The van der Waals surface area contributed by atoms with Gasteiger partial charge in [0.25, 0.3) is 5.91 Å². The van der Waals surface area contributed by atoms with E-state index in [1.807, 2.05) is 6.92 Å². The van der Waals surface area contributed by atoms with E-state index in [1.54, 1.807) is 18.2 Å². The van der Waals surface area contributed by atoms with E-state index < -0.39 is 27.4 Å². The van der Waals surface area contributed by atoms with Crippen molar-refractivity contribution in [3.63, 3.8) is 0 Å². The van der Waals surface area contributed by atoms with Crippen molar-refractivity contribution in [1.82, 2.24) is 4.72 Å². The van der Waals surface area contributed by atoms with Gasteiger partial charge in [0.1, 0.15) is 11.4 Å². The van der Waals surface area contributed by atoms with Crippen LogP contribution in [0.1, 0.15) is 48.4 Å². The molecule has 10 nitrogen and oxygen atoms in total. The Labute approximate surface area is 196 Å². The van der Waals surface area contributed by atoms with E-state index in [1.165, 1.54) is 37.3 Å². The van der Waals surface area contributed by atoms with Gasteiger partial charge in [-0.15, -0.1) is 0 Å². The topological polar surface area (TPSA) is 176 Å². The van der Waals surface area contributed by atoms with Crippen LogP contribution in [0, 0.1) is 5.41 Å². The van der Waals surface area contributed by atoms with E-state index in [2.05, 4.69) is 10.0 Å². The van der Waals surface area contributed by atoms with E-state index in [-0.39, 0.29) is 22.9 Å². The van der Waals surface area contributed by atoms with Gasteiger partial charge in [-0.3, -0.25) is 10.2 Å². The van der Waals surface area contributed by atoms with Crippen LogP contribution in [-0.4, -0.2) is 37.0 Å². The molecule has 3 aromatic rings. The number of sulfonamides is 1. The maximum atomic E-state index is 12.6. The van der Waals surface area contributed by atoms with E-state index in [0.29, 0.717) is 35.1 Å². The number of aliphatic carboxylic acids is 1. The molecule has 1 aromatic heterocycles. The summed E-state index contributed by atoms with van der Waals surface area (Å²) in [6.07, 6.45) is 1.07. The van der Waals surface area contributed by atoms with Gasteiger partial charge in [-0.2, -0.15) is 4.72 Å². The van der Waals surface area contributed by atoms with Gasteiger partial charge in [-0.25, -0.2) is 13.2 Å². The molecule has 180 valence electrons. The summed E-state index contributed by atoms with van der Waals surface area (Å²) in [7, 11) is -3.82. The highest BCUT2D eigenvalue weighted by Gasteiger charge is 2.39. The third kappa shape index (κ3) is 5.43. The quantitative estimate of drug-likeness (QED) is 0.216. The molecule has 34 heavy (non-hydrogen) atoms. The molecule has 0 aliphatic heterocycles. The average Bonchev–Trinajstić information content (AvgIpc) is 3.21. The minimum atomic E-state index is -3.82. The second-order valence-corrected chi connectivity index (χ2v) is 9.85. The monoisotopic (exact) mass is 486 g/mol. The summed E-state index contributed by atoms with van der Waals surface area (Å²) in [6.45, 7) is 3.11. The number of nitrogens with one attached hydrogen (secondary N) is 3. The Hall–Kier alpha value is -3.70. The number of hydrogen-bond donors (Lipinski definition) is 5. The van der Waals surface area contributed by atoms with Gasteiger partial charge in [0, 0.05) is 16.6 Å². The Morgan fingerprint density at radius 3 is 2.41 bits per heavy atom. The standard InChI is InChI=1S/C23H26N4O6S/c1-3-4-11-34(31,32)27-23(2,22(29)30)16-6-8-17(9-7-16)26-21(28)19-13-15-12-14(20(24)25)5-10-18(15)33-19/h5-10,12-13,27H,3-4,11H2,1-2H3,(H3,24,25)(H,26,28)(H,29,30). The Balaban J connectivity index is 1.79. The molecule has 0 bridgehead atoms. The predicted octanol–water partition coefficient (Wildman–Crippen LogP) is 2.99. The number of fused-ring (bicyclic) bond motifs is 1. The number of nitrogens with two attached hydrogens (primary N) is 1. The number of rotatable bonds is 10. The number of carboxylic acid groups (broad SMARTS) is 1. The van der Waals surface area contributed by atoms with Crippen molar-refractivity contribution in [2.45, 2.75) is 32.2 Å². The molecule has 1 heterocycles. The molecule has 1 atom stereocenters. The number of amides is 1. The SMILES string of the molecule is CCCCS(=O)(=O)NC(C)(C(=O)O)c1ccc(NC(=O)c2cc3cc(C(=N)N)ccc3o2)cc1. The minimum absolute atomic E-state index is 0.0406. The van der Waals surface area contributed by atoms with Gasteiger partial charge < -0.3 is 20.6 Å². The van der Waals surface area contributed by atoms with Crippen LogP contribution in [-0.2, 0) is 20.4 Å². The third-order valence-electron chi connectivity index (χ3n) is 5.33. The zero-order chi connectivity index (χ0) is 25.1. The lowest BCUT2D eigenvalue weighted by Crippen LogP contribution is -2.50. The maximum Gasteiger partial charge on any atom is 0.329 e. The van der Waals surface area contributed by atoms with Crippen LogP contribution in [0.3, 0.4) is 0 Å². The first kappa shape index (κ1) is 24.9. The van der Waals surface area contributed by atoms with Crippen LogP contribution < -0.4 is 15.8 Å². The van der Waals surface area contributed by atoms with Crippen molar-refractivity contribution in [2.75, 3.05) is 11.1 Å². The Morgan fingerprint density at radius 2 is 1.82 bits per heavy atom. The fourth-order valence-corrected chi connectivity index (χ4v) is 4.92. The summed E-state index contributed by atoms with van der Waals surface area (Å²) < 4.78 is 32.5. The molecule has 6 N–H and O–H groups in total. The number of benzene rings is 2. The fraction of sp³-hybridized carbons (Fsp3) is 0.261. The molecule has 11 heteroatoms. The summed E-state index contributed by atoms with van der Waals surface area (Å²) in [6, 6.07) is 12.2. The third-order valence-corrected chi connectivity index (χ3v) is 6.87. The molecule has 0 aliphatic carbocycles. The maximum absolute atomic E-state index is 12.6. The van der Waals surface area contributed by atoms with Crippen molar-refractivity contribution in [3.8, 4) is 0 Å². The Kier molecular flexibility index (Phi) is 7.08. The van der Waals surface area contributed by atoms with Crippen LogP contribution >= 0.6 is 0 Å². The average molecular weight is 487 g/mol.